The molecule has 0 radical (unpaired) electrons. The number of carboxylic acids is 1. The Bertz CT molecular complexity index is 538. The number of carbonyl (C=O) groups is 1. The average Bonchev–Trinajstić information content (AvgIpc) is 2.71. The molecule has 0 amide bonds. The van der Waals surface area contributed by atoms with E-state index in [2.05, 4.69) is 20.9 Å². The van der Waals surface area contributed by atoms with Gasteiger partial charge >= 0.3 is 5.97 Å². The number of halogens is 1. The zero-order valence-corrected chi connectivity index (χ0v) is 9.89. The van der Waals surface area contributed by atoms with Crippen molar-refractivity contribution in [3.63, 3.8) is 0 Å². The van der Waals surface area contributed by atoms with Crippen molar-refractivity contribution in [3.05, 3.63) is 34.7 Å². The minimum Gasteiger partial charge on any atom is -0.480 e. The number of hydrogen-bond acceptors (Lipinski definition) is 3. The van der Waals surface area contributed by atoms with E-state index in [1.54, 1.807) is 12.4 Å². The second-order valence-electron chi connectivity index (χ2n) is 3.44. The van der Waals surface area contributed by atoms with Crippen LogP contribution in [0.4, 0.5) is 0 Å². The summed E-state index contributed by atoms with van der Waals surface area (Å²) in [6.07, 6.45) is 3.72. The van der Waals surface area contributed by atoms with Crippen LogP contribution in [0.5, 0.6) is 0 Å². The lowest BCUT2D eigenvalue weighted by atomic mass is 10.1. The number of hydrogen-bond donors (Lipinski definition) is 2. The Hall–Kier alpha value is -1.40. The molecule has 5 nitrogen and oxygen atoms in total. The van der Waals surface area contributed by atoms with Crippen LogP contribution in [-0.4, -0.2) is 26.5 Å². The Balaban J connectivity index is 2.42. The molecule has 16 heavy (non-hydrogen) atoms. The first-order valence-electron chi connectivity index (χ1n) is 4.68. The number of imidazole rings is 1. The van der Waals surface area contributed by atoms with E-state index in [4.69, 9.17) is 10.8 Å². The van der Waals surface area contributed by atoms with Crippen LogP contribution in [0, 0.1) is 0 Å². The summed E-state index contributed by atoms with van der Waals surface area (Å²) < 4.78 is 2.69. The van der Waals surface area contributed by atoms with Crippen molar-refractivity contribution in [1.82, 2.24) is 9.38 Å². The maximum atomic E-state index is 10.7. The molecule has 84 valence electrons. The third-order valence-corrected chi connectivity index (χ3v) is 2.95. The van der Waals surface area contributed by atoms with Gasteiger partial charge in [-0.1, -0.05) is 0 Å². The zero-order valence-electron chi connectivity index (χ0n) is 8.30. The van der Waals surface area contributed by atoms with Crippen LogP contribution in [0.2, 0.25) is 0 Å². The lowest BCUT2D eigenvalue weighted by molar-refractivity contribution is -0.138. The van der Waals surface area contributed by atoms with Gasteiger partial charge < -0.3 is 15.2 Å². The number of nitrogens with zero attached hydrogens (tertiary/aromatic N) is 2. The molecule has 0 aliphatic carbocycles. The monoisotopic (exact) mass is 283 g/mol. The maximum Gasteiger partial charge on any atom is 0.320 e. The van der Waals surface area contributed by atoms with E-state index in [9.17, 15) is 4.79 Å². The minimum absolute atomic E-state index is 0.273. The van der Waals surface area contributed by atoms with E-state index in [0.29, 0.717) is 0 Å². The fourth-order valence-corrected chi connectivity index (χ4v) is 1.94. The average molecular weight is 284 g/mol. The van der Waals surface area contributed by atoms with Crippen LogP contribution in [0.15, 0.2) is 29.0 Å². The van der Waals surface area contributed by atoms with Gasteiger partial charge in [0.1, 0.15) is 6.04 Å². The number of fused-ring (bicyclic) bond motifs is 1. The van der Waals surface area contributed by atoms with E-state index in [-0.39, 0.29) is 6.42 Å². The number of carboxylic acid groups (broad SMARTS) is 1. The molecule has 0 saturated heterocycles. The third kappa shape index (κ3) is 1.94. The van der Waals surface area contributed by atoms with Gasteiger partial charge in [0.25, 0.3) is 0 Å². The Kier molecular flexibility index (Phi) is 2.93. The summed E-state index contributed by atoms with van der Waals surface area (Å²) in [5.41, 5.74) is 7.09. The Morgan fingerprint density at radius 2 is 2.38 bits per heavy atom. The van der Waals surface area contributed by atoms with Crippen molar-refractivity contribution >= 4 is 27.5 Å². The SMILES string of the molecule is N[C@@H](Cc1ccc(Br)c2nccn12)C(=O)O. The summed E-state index contributed by atoms with van der Waals surface area (Å²) in [5, 5.41) is 8.76. The smallest absolute Gasteiger partial charge is 0.320 e. The largest absolute Gasteiger partial charge is 0.480 e. The minimum atomic E-state index is -1.00. The van der Waals surface area contributed by atoms with Gasteiger partial charge in [-0.3, -0.25) is 4.79 Å². The first-order valence-corrected chi connectivity index (χ1v) is 5.47. The van der Waals surface area contributed by atoms with Gasteiger partial charge in [-0.15, -0.1) is 0 Å². The van der Waals surface area contributed by atoms with E-state index < -0.39 is 12.0 Å². The predicted octanol–water partition coefficient (Wildman–Crippen LogP) is 1.05. The van der Waals surface area contributed by atoms with Crippen molar-refractivity contribution < 1.29 is 9.90 Å². The number of aliphatic carboxylic acids is 1. The van der Waals surface area contributed by atoms with Gasteiger partial charge in [-0.2, -0.15) is 0 Å². The van der Waals surface area contributed by atoms with Gasteiger partial charge in [0.05, 0.1) is 4.47 Å². The van der Waals surface area contributed by atoms with Crippen LogP contribution >= 0.6 is 15.9 Å². The molecule has 3 N–H and O–H groups in total. The van der Waals surface area contributed by atoms with Crippen LogP contribution in [0.3, 0.4) is 0 Å². The summed E-state index contributed by atoms with van der Waals surface area (Å²) in [5.74, 6) is -1.00. The molecule has 0 fully saturated rings. The molecule has 6 heteroatoms. The van der Waals surface area contributed by atoms with E-state index in [1.165, 1.54) is 0 Å². The second-order valence-corrected chi connectivity index (χ2v) is 4.30. The van der Waals surface area contributed by atoms with E-state index in [0.717, 1.165) is 15.8 Å². The molecule has 2 heterocycles. The third-order valence-electron chi connectivity index (χ3n) is 2.33. The van der Waals surface area contributed by atoms with Gasteiger partial charge in [-0.05, 0) is 28.1 Å². The highest BCUT2D eigenvalue weighted by molar-refractivity contribution is 9.10. The summed E-state index contributed by atoms with van der Waals surface area (Å²) in [6, 6.07) is 2.78. The van der Waals surface area contributed by atoms with Crippen LogP contribution in [-0.2, 0) is 11.2 Å². The fourth-order valence-electron chi connectivity index (χ4n) is 1.52. The Morgan fingerprint density at radius 1 is 1.62 bits per heavy atom. The summed E-state index contributed by atoms with van der Waals surface area (Å²) in [6.45, 7) is 0. The van der Waals surface area contributed by atoms with Gasteiger partial charge in [0.15, 0.2) is 5.65 Å². The summed E-state index contributed by atoms with van der Waals surface area (Å²) in [4.78, 5) is 14.8. The lowest BCUT2D eigenvalue weighted by Gasteiger charge is -2.09. The Morgan fingerprint density at radius 3 is 3.06 bits per heavy atom. The van der Waals surface area contributed by atoms with Crippen molar-refractivity contribution in [1.29, 1.82) is 0 Å². The first kappa shape index (κ1) is 11.1. The van der Waals surface area contributed by atoms with Gasteiger partial charge in [0, 0.05) is 24.5 Å². The maximum absolute atomic E-state index is 10.7. The molecular weight excluding hydrogens is 274 g/mol. The van der Waals surface area contributed by atoms with E-state index in [1.807, 2.05) is 16.5 Å². The van der Waals surface area contributed by atoms with Crippen LogP contribution < -0.4 is 5.73 Å². The van der Waals surface area contributed by atoms with Crippen LogP contribution in [0.1, 0.15) is 5.69 Å². The molecule has 2 aromatic heterocycles. The summed E-state index contributed by atoms with van der Waals surface area (Å²) in [7, 11) is 0. The quantitative estimate of drug-likeness (QED) is 0.882. The zero-order chi connectivity index (χ0) is 11.7. The van der Waals surface area contributed by atoms with Crippen molar-refractivity contribution in [2.75, 3.05) is 0 Å². The number of aromatic nitrogens is 2. The highest BCUT2D eigenvalue weighted by Crippen LogP contribution is 2.18. The van der Waals surface area contributed by atoms with Crippen molar-refractivity contribution in [3.8, 4) is 0 Å². The lowest BCUT2D eigenvalue weighted by Crippen LogP contribution is -2.32. The molecule has 0 aliphatic rings. The van der Waals surface area contributed by atoms with Crippen LogP contribution in [0.25, 0.3) is 5.65 Å². The van der Waals surface area contributed by atoms with E-state index >= 15 is 0 Å². The number of rotatable bonds is 3. The van der Waals surface area contributed by atoms with Crippen molar-refractivity contribution in [2.45, 2.75) is 12.5 Å². The highest BCUT2D eigenvalue weighted by Gasteiger charge is 2.14. The molecule has 0 bridgehead atoms. The molecule has 2 rings (SSSR count). The predicted molar refractivity (Wildman–Crippen MR) is 62.2 cm³/mol. The number of nitrogens with two attached hydrogens (primary N) is 1. The number of pyridine rings is 1. The molecule has 0 spiro atoms. The normalized spacial score (nSPS) is 12.9. The van der Waals surface area contributed by atoms with Crippen molar-refractivity contribution in [2.24, 2.45) is 5.73 Å². The molecule has 0 saturated carbocycles. The molecule has 0 aromatic carbocycles. The molecule has 2 aromatic rings. The first-order chi connectivity index (χ1) is 7.59. The molecule has 0 aliphatic heterocycles. The standard InChI is InChI=1S/C10H10BrN3O2/c11-7-2-1-6(5-8(12)10(15)16)14-4-3-13-9(7)14/h1-4,8H,5,12H2,(H,15,16)/t8-/m0/s1. The van der Waals surface area contributed by atoms with Gasteiger partial charge in [0.2, 0.25) is 0 Å². The highest BCUT2D eigenvalue weighted by atomic mass is 79.9. The fraction of sp³-hybridized carbons (Fsp3) is 0.200. The topological polar surface area (TPSA) is 80.6 Å². The Labute approximate surface area is 100 Å². The molecule has 0 unspecified atom stereocenters. The molecular formula is C10H10BrN3O2. The van der Waals surface area contributed by atoms with Gasteiger partial charge in [-0.25, -0.2) is 4.98 Å². The summed E-state index contributed by atoms with van der Waals surface area (Å²) >= 11 is 3.37. The molecule has 1 atom stereocenters. The second kappa shape index (κ2) is 4.23.